The number of rotatable bonds is 2. The van der Waals surface area contributed by atoms with E-state index in [0.717, 1.165) is 38.8 Å². The third-order valence-electron chi connectivity index (χ3n) is 3.79. The van der Waals surface area contributed by atoms with Gasteiger partial charge in [0, 0.05) is 22.7 Å². The Morgan fingerprint density at radius 3 is 2.57 bits per heavy atom. The largest absolute Gasteiger partial charge is 0.497 e. The lowest BCUT2D eigenvalue weighted by atomic mass is 10.1. The van der Waals surface area contributed by atoms with Gasteiger partial charge in [0.1, 0.15) is 5.75 Å². The second kappa shape index (κ2) is 4.63. The van der Waals surface area contributed by atoms with E-state index in [4.69, 9.17) is 4.74 Å². The van der Waals surface area contributed by atoms with Crippen LogP contribution in [0.25, 0.3) is 33.1 Å². The SMILES string of the molecule is COc1ccc(-c2ccnc3c2[nH]c2ccccc23)cc1. The minimum atomic E-state index is 0.862. The minimum Gasteiger partial charge on any atom is -0.497 e. The van der Waals surface area contributed by atoms with Crippen molar-refractivity contribution < 1.29 is 4.74 Å². The zero-order valence-corrected chi connectivity index (χ0v) is 11.6. The summed E-state index contributed by atoms with van der Waals surface area (Å²) in [7, 11) is 1.68. The Hall–Kier alpha value is -2.81. The standard InChI is InChI=1S/C18H14N2O/c1-21-13-8-6-12(7-9-13)14-10-11-19-17-15-4-2-3-5-16(15)20-18(14)17/h2-11,20H,1H3. The molecule has 2 heterocycles. The van der Waals surface area contributed by atoms with Gasteiger partial charge in [-0.15, -0.1) is 0 Å². The summed E-state index contributed by atoms with van der Waals surface area (Å²) in [6.07, 6.45) is 1.86. The molecule has 0 atom stereocenters. The number of H-pyrrole nitrogens is 1. The van der Waals surface area contributed by atoms with Gasteiger partial charge in [-0.25, -0.2) is 0 Å². The average molecular weight is 274 g/mol. The predicted molar refractivity (Wildman–Crippen MR) is 85.6 cm³/mol. The molecular formula is C18H14N2O. The van der Waals surface area contributed by atoms with Gasteiger partial charge in [0.2, 0.25) is 0 Å². The lowest BCUT2D eigenvalue weighted by molar-refractivity contribution is 0.415. The monoisotopic (exact) mass is 274 g/mol. The highest BCUT2D eigenvalue weighted by atomic mass is 16.5. The number of nitrogens with zero attached hydrogens (tertiary/aromatic N) is 1. The van der Waals surface area contributed by atoms with Crippen LogP contribution in [0.3, 0.4) is 0 Å². The van der Waals surface area contributed by atoms with Crippen molar-refractivity contribution in [2.45, 2.75) is 0 Å². The zero-order valence-electron chi connectivity index (χ0n) is 11.6. The number of para-hydroxylation sites is 1. The van der Waals surface area contributed by atoms with E-state index in [-0.39, 0.29) is 0 Å². The van der Waals surface area contributed by atoms with Gasteiger partial charge in [0.25, 0.3) is 0 Å². The van der Waals surface area contributed by atoms with Crippen LogP contribution in [-0.4, -0.2) is 17.1 Å². The van der Waals surface area contributed by atoms with Crippen LogP contribution in [0.15, 0.2) is 60.8 Å². The van der Waals surface area contributed by atoms with Crippen LogP contribution in [-0.2, 0) is 0 Å². The number of methoxy groups -OCH3 is 1. The summed E-state index contributed by atoms with van der Waals surface area (Å²) in [6, 6.07) is 18.4. The topological polar surface area (TPSA) is 37.9 Å². The molecule has 3 nitrogen and oxygen atoms in total. The van der Waals surface area contributed by atoms with Crippen LogP contribution >= 0.6 is 0 Å². The Morgan fingerprint density at radius 2 is 1.76 bits per heavy atom. The number of nitrogens with one attached hydrogen (secondary N) is 1. The smallest absolute Gasteiger partial charge is 0.118 e. The molecule has 1 N–H and O–H groups in total. The third-order valence-corrected chi connectivity index (χ3v) is 3.79. The fourth-order valence-electron chi connectivity index (χ4n) is 2.74. The molecule has 0 unspecified atom stereocenters. The maximum Gasteiger partial charge on any atom is 0.118 e. The quantitative estimate of drug-likeness (QED) is 0.588. The van der Waals surface area contributed by atoms with E-state index >= 15 is 0 Å². The average Bonchev–Trinajstić information content (AvgIpc) is 2.94. The van der Waals surface area contributed by atoms with E-state index < -0.39 is 0 Å². The number of benzene rings is 2. The first-order valence-electron chi connectivity index (χ1n) is 6.86. The maximum atomic E-state index is 5.22. The summed E-state index contributed by atoms with van der Waals surface area (Å²) in [5.41, 5.74) is 5.50. The molecule has 0 aliphatic rings. The van der Waals surface area contributed by atoms with Crippen molar-refractivity contribution in [2.75, 3.05) is 7.11 Å². The van der Waals surface area contributed by atoms with E-state index in [9.17, 15) is 0 Å². The molecule has 0 saturated heterocycles. The molecule has 21 heavy (non-hydrogen) atoms. The molecule has 0 radical (unpaired) electrons. The van der Waals surface area contributed by atoms with Crippen LogP contribution in [0.4, 0.5) is 0 Å². The van der Waals surface area contributed by atoms with E-state index in [2.05, 4.69) is 34.2 Å². The molecule has 2 aromatic heterocycles. The Labute approximate surface area is 122 Å². The van der Waals surface area contributed by atoms with Gasteiger partial charge < -0.3 is 9.72 Å². The lowest BCUT2D eigenvalue weighted by Gasteiger charge is -2.05. The first kappa shape index (κ1) is 12.0. The lowest BCUT2D eigenvalue weighted by Crippen LogP contribution is -1.85. The Bertz CT molecular complexity index is 923. The summed E-state index contributed by atoms with van der Waals surface area (Å²) >= 11 is 0. The summed E-state index contributed by atoms with van der Waals surface area (Å²) < 4.78 is 5.22. The van der Waals surface area contributed by atoms with Crippen LogP contribution in [0.5, 0.6) is 5.75 Å². The normalized spacial score (nSPS) is 11.1. The predicted octanol–water partition coefficient (Wildman–Crippen LogP) is 4.39. The third kappa shape index (κ3) is 1.86. The van der Waals surface area contributed by atoms with Crippen molar-refractivity contribution >= 4 is 21.9 Å². The molecule has 102 valence electrons. The van der Waals surface area contributed by atoms with Crippen molar-refractivity contribution in [1.29, 1.82) is 0 Å². The van der Waals surface area contributed by atoms with Crippen LogP contribution < -0.4 is 4.74 Å². The maximum absolute atomic E-state index is 5.22. The zero-order chi connectivity index (χ0) is 14.2. The highest BCUT2D eigenvalue weighted by molar-refractivity contribution is 6.09. The number of aromatic amines is 1. The molecule has 3 heteroatoms. The molecule has 4 aromatic rings. The van der Waals surface area contributed by atoms with E-state index in [1.165, 1.54) is 0 Å². The number of hydrogen-bond acceptors (Lipinski definition) is 2. The van der Waals surface area contributed by atoms with Gasteiger partial charge in [-0.2, -0.15) is 0 Å². The van der Waals surface area contributed by atoms with Crippen molar-refractivity contribution in [1.82, 2.24) is 9.97 Å². The summed E-state index contributed by atoms with van der Waals surface area (Å²) in [4.78, 5) is 8.01. The number of ether oxygens (including phenoxy) is 1. The summed E-state index contributed by atoms with van der Waals surface area (Å²) in [5.74, 6) is 0.862. The molecule has 0 bridgehead atoms. The number of pyridine rings is 1. The molecule has 2 aromatic carbocycles. The van der Waals surface area contributed by atoms with E-state index in [0.29, 0.717) is 0 Å². The number of aromatic nitrogens is 2. The summed E-state index contributed by atoms with van der Waals surface area (Å²) in [5, 5.41) is 1.16. The molecule has 0 spiro atoms. The van der Waals surface area contributed by atoms with Crippen molar-refractivity contribution in [3.63, 3.8) is 0 Å². The number of fused-ring (bicyclic) bond motifs is 3. The van der Waals surface area contributed by atoms with E-state index in [1.54, 1.807) is 7.11 Å². The second-order valence-electron chi connectivity index (χ2n) is 4.98. The van der Waals surface area contributed by atoms with Crippen LogP contribution in [0.2, 0.25) is 0 Å². The van der Waals surface area contributed by atoms with Gasteiger partial charge in [0.05, 0.1) is 18.1 Å². The molecule has 0 fully saturated rings. The minimum absolute atomic E-state index is 0.862. The Morgan fingerprint density at radius 1 is 0.952 bits per heavy atom. The fraction of sp³-hybridized carbons (Fsp3) is 0.0556. The second-order valence-corrected chi connectivity index (χ2v) is 4.98. The first-order chi connectivity index (χ1) is 10.4. The Balaban J connectivity index is 1.99. The van der Waals surface area contributed by atoms with Gasteiger partial charge in [-0.1, -0.05) is 30.3 Å². The highest BCUT2D eigenvalue weighted by Crippen LogP contribution is 2.32. The molecular weight excluding hydrogens is 260 g/mol. The molecule has 0 aliphatic heterocycles. The van der Waals surface area contributed by atoms with Crippen molar-refractivity contribution in [3.05, 3.63) is 60.8 Å². The molecule has 0 amide bonds. The van der Waals surface area contributed by atoms with Crippen molar-refractivity contribution in [3.8, 4) is 16.9 Å². The molecule has 0 saturated carbocycles. The summed E-state index contributed by atoms with van der Waals surface area (Å²) in [6.45, 7) is 0. The van der Waals surface area contributed by atoms with Crippen LogP contribution in [0.1, 0.15) is 0 Å². The van der Waals surface area contributed by atoms with E-state index in [1.807, 2.05) is 36.5 Å². The fourth-order valence-corrected chi connectivity index (χ4v) is 2.74. The first-order valence-corrected chi connectivity index (χ1v) is 6.86. The van der Waals surface area contributed by atoms with Gasteiger partial charge >= 0.3 is 0 Å². The van der Waals surface area contributed by atoms with Crippen LogP contribution in [0, 0.1) is 0 Å². The van der Waals surface area contributed by atoms with Gasteiger partial charge in [0.15, 0.2) is 0 Å². The number of hydrogen-bond donors (Lipinski definition) is 1. The van der Waals surface area contributed by atoms with Gasteiger partial charge in [-0.05, 0) is 29.8 Å². The Kier molecular flexibility index (Phi) is 2.64. The highest BCUT2D eigenvalue weighted by Gasteiger charge is 2.10. The molecule has 0 aliphatic carbocycles. The van der Waals surface area contributed by atoms with Crippen molar-refractivity contribution in [2.24, 2.45) is 0 Å². The molecule has 4 rings (SSSR count). The van der Waals surface area contributed by atoms with Gasteiger partial charge in [-0.3, -0.25) is 4.98 Å².